The summed E-state index contributed by atoms with van der Waals surface area (Å²) in [6.07, 6.45) is 1.70. The number of ether oxygens (including phenoxy) is 1. The number of benzene rings is 2. The minimum atomic E-state index is -0.556. The van der Waals surface area contributed by atoms with Gasteiger partial charge in [-0.05, 0) is 42.7 Å². The summed E-state index contributed by atoms with van der Waals surface area (Å²) in [5, 5.41) is 0. The number of anilines is 2. The van der Waals surface area contributed by atoms with E-state index in [0.29, 0.717) is 24.4 Å². The van der Waals surface area contributed by atoms with E-state index in [1.165, 1.54) is 11.1 Å². The van der Waals surface area contributed by atoms with Crippen LogP contribution in [0.4, 0.5) is 11.4 Å². The maximum atomic E-state index is 12.9. The number of hydrogen-bond acceptors (Lipinski definition) is 3. The van der Waals surface area contributed by atoms with Gasteiger partial charge < -0.3 is 15.4 Å². The van der Waals surface area contributed by atoms with Gasteiger partial charge in [-0.25, -0.2) is 0 Å². The van der Waals surface area contributed by atoms with Crippen LogP contribution in [0.2, 0.25) is 0 Å². The molecule has 0 radical (unpaired) electrons. The number of carbonyl (C=O) groups is 1. The fraction of sp³-hybridized carbons (Fsp3) is 0.250. The average molecular weight is 322 g/mol. The van der Waals surface area contributed by atoms with E-state index < -0.39 is 6.10 Å². The summed E-state index contributed by atoms with van der Waals surface area (Å²) in [5.74, 6) is 0.597. The minimum Gasteiger partial charge on any atom is -0.478 e. The van der Waals surface area contributed by atoms with Crippen LogP contribution in [0.25, 0.3) is 0 Å². The summed E-state index contributed by atoms with van der Waals surface area (Å²) in [4.78, 5) is 14.6. The molecule has 4 nitrogen and oxygen atoms in total. The molecule has 0 aromatic heterocycles. The fourth-order valence-corrected chi connectivity index (χ4v) is 3.02. The van der Waals surface area contributed by atoms with Gasteiger partial charge in [-0.15, -0.1) is 6.58 Å². The summed E-state index contributed by atoms with van der Waals surface area (Å²) in [6, 6.07) is 11.5. The van der Waals surface area contributed by atoms with Crippen molar-refractivity contribution in [3.05, 3.63) is 65.7 Å². The highest BCUT2D eigenvalue weighted by Crippen LogP contribution is 2.36. The highest BCUT2D eigenvalue weighted by atomic mass is 16.5. The summed E-state index contributed by atoms with van der Waals surface area (Å²) >= 11 is 0. The molecule has 24 heavy (non-hydrogen) atoms. The van der Waals surface area contributed by atoms with Crippen LogP contribution >= 0.6 is 0 Å². The summed E-state index contributed by atoms with van der Waals surface area (Å²) < 4.78 is 5.99. The molecule has 0 saturated carbocycles. The lowest BCUT2D eigenvalue weighted by Crippen LogP contribution is -2.47. The van der Waals surface area contributed by atoms with E-state index in [4.69, 9.17) is 10.5 Å². The van der Waals surface area contributed by atoms with Crippen molar-refractivity contribution in [2.75, 3.05) is 17.2 Å². The third-order valence-corrected chi connectivity index (χ3v) is 4.52. The predicted octanol–water partition coefficient (Wildman–Crippen LogP) is 3.41. The Morgan fingerprint density at radius 2 is 2.08 bits per heavy atom. The van der Waals surface area contributed by atoms with Crippen molar-refractivity contribution < 1.29 is 9.53 Å². The monoisotopic (exact) mass is 322 g/mol. The molecule has 1 aliphatic heterocycles. The fourth-order valence-electron chi connectivity index (χ4n) is 3.02. The van der Waals surface area contributed by atoms with Crippen LogP contribution in [-0.4, -0.2) is 18.6 Å². The highest BCUT2D eigenvalue weighted by molar-refractivity contribution is 6.00. The van der Waals surface area contributed by atoms with E-state index in [9.17, 15) is 4.79 Å². The van der Waals surface area contributed by atoms with Crippen molar-refractivity contribution in [1.29, 1.82) is 0 Å². The van der Waals surface area contributed by atoms with Crippen molar-refractivity contribution in [1.82, 2.24) is 0 Å². The first-order chi connectivity index (χ1) is 11.5. The molecule has 4 heteroatoms. The molecule has 2 aromatic rings. The van der Waals surface area contributed by atoms with Crippen molar-refractivity contribution in [3.63, 3.8) is 0 Å². The number of fused-ring (bicyclic) bond motifs is 1. The molecule has 124 valence electrons. The lowest BCUT2D eigenvalue weighted by atomic mass is 9.97. The minimum absolute atomic E-state index is 0.0481. The maximum absolute atomic E-state index is 12.9. The zero-order valence-electron chi connectivity index (χ0n) is 14.1. The molecule has 0 saturated heterocycles. The average Bonchev–Trinajstić information content (AvgIpc) is 2.55. The predicted molar refractivity (Wildman–Crippen MR) is 97.4 cm³/mol. The highest BCUT2D eigenvalue weighted by Gasteiger charge is 2.34. The van der Waals surface area contributed by atoms with Gasteiger partial charge in [-0.1, -0.05) is 24.3 Å². The molecule has 0 bridgehead atoms. The molecular formula is C20H22N2O2. The van der Waals surface area contributed by atoms with Crippen molar-refractivity contribution in [3.8, 4) is 5.75 Å². The van der Waals surface area contributed by atoms with Gasteiger partial charge in [0.1, 0.15) is 5.75 Å². The molecule has 1 unspecified atom stereocenters. The molecule has 2 aromatic carbocycles. The topological polar surface area (TPSA) is 55.6 Å². The van der Waals surface area contributed by atoms with Crippen molar-refractivity contribution >= 4 is 17.3 Å². The second-order valence-electron chi connectivity index (χ2n) is 6.13. The van der Waals surface area contributed by atoms with E-state index in [2.05, 4.69) is 26.5 Å². The van der Waals surface area contributed by atoms with Crippen LogP contribution in [0, 0.1) is 13.8 Å². The summed E-state index contributed by atoms with van der Waals surface area (Å²) in [7, 11) is 0. The molecule has 1 aliphatic rings. The zero-order valence-corrected chi connectivity index (χ0v) is 14.1. The maximum Gasteiger partial charge on any atom is 0.268 e. The van der Waals surface area contributed by atoms with Crippen LogP contribution in [0.3, 0.4) is 0 Å². The number of rotatable bonds is 4. The Labute approximate surface area is 142 Å². The normalized spacial score (nSPS) is 16.5. The Bertz CT molecular complexity index is 798. The molecule has 0 spiro atoms. The SMILES string of the molecule is C=CCN1C(=O)C(Cc2cccc(C)c2C)Oc2cc(N)ccc21. The van der Waals surface area contributed by atoms with Gasteiger partial charge in [0.25, 0.3) is 5.91 Å². The molecule has 1 amide bonds. The lowest BCUT2D eigenvalue weighted by Gasteiger charge is -2.34. The molecule has 0 fully saturated rings. The molecule has 3 rings (SSSR count). The third-order valence-electron chi connectivity index (χ3n) is 4.52. The van der Waals surface area contributed by atoms with E-state index in [-0.39, 0.29) is 5.91 Å². The molecule has 1 heterocycles. The first-order valence-corrected chi connectivity index (χ1v) is 8.05. The molecular weight excluding hydrogens is 300 g/mol. The largest absolute Gasteiger partial charge is 0.478 e. The van der Waals surface area contributed by atoms with Crippen LogP contribution in [0.15, 0.2) is 49.1 Å². The number of nitrogens with zero attached hydrogens (tertiary/aromatic N) is 1. The second kappa shape index (κ2) is 6.40. The number of carbonyl (C=O) groups excluding carboxylic acids is 1. The number of nitrogens with two attached hydrogens (primary N) is 1. The van der Waals surface area contributed by atoms with E-state index in [1.807, 2.05) is 18.2 Å². The van der Waals surface area contributed by atoms with Crippen LogP contribution in [0.1, 0.15) is 16.7 Å². The summed E-state index contributed by atoms with van der Waals surface area (Å²) in [6.45, 7) is 8.35. The smallest absolute Gasteiger partial charge is 0.268 e. The molecule has 0 aliphatic carbocycles. The van der Waals surface area contributed by atoms with Gasteiger partial charge in [-0.2, -0.15) is 0 Å². The van der Waals surface area contributed by atoms with E-state index in [0.717, 1.165) is 11.3 Å². The Morgan fingerprint density at radius 1 is 1.29 bits per heavy atom. The number of aryl methyl sites for hydroxylation is 1. The van der Waals surface area contributed by atoms with Gasteiger partial charge in [0, 0.05) is 24.7 Å². The number of nitrogen functional groups attached to an aromatic ring is 1. The van der Waals surface area contributed by atoms with Crippen LogP contribution in [0.5, 0.6) is 5.75 Å². The lowest BCUT2D eigenvalue weighted by molar-refractivity contribution is -0.126. The number of hydrogen-bond donors (Lipinski definition) is 1. The van der Waals surface area contributed by atoms with Crippen molar-refractivity contribution in [2.24, 2.45) is 0 Å². The van der Waals surface area contributed by atoms with Gasteiger partial charge in [-0.3, -0.25) is 4.79 Å². The van der Waals surface area contributed by atoms with E-state index in [1.54, 1.807) is 23.1 Å². The van der Waals surface area contributed by atoms with Crippen LogP contribution < -0.4 is 15.4 Å². The standard InChI is InChI=1S/C20H22N2O2/c1-4-10-22-17-9-8-16(21)12-18(17)24-19(20(22)23)11-15-7-5-6-13(2)14(15)3/h4-9,12,19H,1,10-11,21H2,2-3H3. The van der Waals surface area contributed by atoms with Gasteiger partial charge in [0.05, 0.1) is 5.69 Å². The molecule has 2 N–H and O–H groups in total. The molecule has 1 atom stereocenters. The van der Waals surface area contributed by atoms with Gasteiger partial charge in [0.15, 0.2) is 6.10 Å². The number of amides is 1. The van der Waals surface area contributed by atoms with Crippen molar-refractivity contribution in [2.45, 2.75) is 26.4 Å². The summed E-state index contributed by atoms with van der Waals surface area (Å²) in [5.41, 5.74) is 10.8. The van der Waals surface area contributed by atoms with Gasteiger partial charge >= 0.3 is 0 Å². The zero-order chi connectivity index (χ0) is 17.3. The Balaban J connectivity index is 1.96. The van der Waals surface area contributed by atoms with Gasteiger partial charge in [0.2, 0.25) is 0 Å². The Kier molecular flexibility index (Phi) is 4.30. The van der Waals surface area contributed by atoms with Crippen LogP contribution in [-0.2, 0) is 11.2 Å². The quantitative estimate of drug-likeness (QED) is 0.693. The first kappa shape index (κ1) is 16.1. The second-order valence-corrected chi connectivity index (χ2v) is 6.13. The third kappa shape index (κ3) is 2.87. The van der Waals surface area contributed by atoms with E-state index >= 15 is 0 Å². The first-order valence-electron chi connectivity index (χ1n) is 8.05. The Hall–Kier alpha value is -2.75. The Morgan fingerprint density at radius 3 is 2.83 bits per heavy atom.